The maximum Gasteiger partial charge on any atom is 0.252 e. The fourth-order valence-electron chi connectivity index (χ4n) is 4.51. The minimum atomic E-state index is -4.13. The van der Waals surface area contributed by atoms with Crippen LogP contribution in [0.15, 0.2) is 111 Å². The molecule has 0 radical (unpaired) electrons. The number of hydrogen-bond donors (Lipinski definition) is 0. The largest absolute Gasteiger partial charge is 0.468 e. The summed E-state index contributed by atoms with van der Waals surface area (Å²) >= 11 is 0. The van der Waals surface area contributed by atoms with E-state index in [-0.39, 0.29) is 17.9 Å². The first-order valence-electron chi connectivity index (χ1n) is 11.8. The van der Waals surface area contributed by atoms with Crippen molar-refractivity contribution < 1.29 is 26.8 Å². The number of rotatable bonds is 7. The Bertz CT molecular complexity index is 1700. The van der Waals surface area contributed by atoms with Crippen molar-refractivity contribution in [3.05, 3.63) is 103 Å². The number of nitrogens with zero attached hydrogens (tertiary/aromatic N) is 3. The number of imide groups is 1. The van der Waals surface area contributed by atoms with Gasteiger partial charge in [0.2, 0.25) is 21.8 Å². The van der Waals surface area contributed by atoms with Crippen LogP contribution in [-0.2, 0) is 26.2 Å². The van der Waals surface area contributed by atoms with Crippen molar-refractivity contribution >= 4 is 38.6 Å². The van der Waals surface area contributed by atoms with Crippen molar-refractivity contribution in [3.63, 3.8) is 0 Å². The van der Waals surface area contributed by atoms with E-state index in [1.165, 1.54) is 18.4 Å². The number of sulfonamides is 1. The number of carbonyl (C=O) groups is 2. The quantitative estimate of drug-likeness (QED) is 0.284. The summed E-state index contributed by atoms with van der Waals surface area (Å²) in [6.07, 6.45) is 1.13. The Balaban J connectivity index is 1.31. The normalized spacial score (nSPS) is 16.1. The molecule has 190 valence electrons. The van der Waals surface area contributed by atoms with Crippen LogP contribution in [0.1, 0.15) is 12.2 Å². The molecule has 1 atom stereocenters. The Kier molecular flexibility index (Phi) is 5.90. The van der Waals surface area contributed by atoms with Crippen molar-refractivity contribution in [2.75, 3.05) is 4.90 Å². The van der Waals surface area contributed by atoms with Gasteiger partial charge in [0.05, 0.1) is 29.8 Å². The molecule has 6 rings (SSSR count). The van der Waals surface area contributed by atoms with Gasteiger partial charge in [-0.1, -0.05) is 30.3 Å². The highest BCUT2D eigenvalue weighted by atomic mass is 32.2. The van der Waals surface area contributed by atoms with Crippen molar-refractivity contribution in [1.82, 2.24) is 9.29 Å². The molecule has 1 aliphatic heterocycles. The predicted octanol–water partition coefficient (Wildman–Crippen LogP) is 4.61. The van der Waals surface area contributed by atoms with Crippen LogP contribution in [0, 0.1) is 0 Å². The maximum atomic E-state index is 13.6. The van der Waals surface area contributed by atoms with Crippen molar-refractivity contribution in [1.29, 1.82) is 0 Å². The first-order valence-corrected chi connectivity index (χ1v) is 13.3. The van der Waals surface area contributed by atoms with E-state index in [0.717, 1.165) is 14.7 Å². The van der Waals surface area contributed by atoms with E-state index in [1.807, 2.05) is 24.3 Å². The second-order valence-electron chi connectivity index (χ2n) is 8.76. The van der Waals surface area contributed by atoms with Gasteiger partial charge in [0.25, 0.3) is 5.91 Å². The molecular formula is C28H21N3O6S. The number of hydrogen-bond acceptors (Lipinski definition) is 7. The zero-order chi connectivity index (χ0) is 26.3. The molecule has 1 unspecified atom stereocenters. The predicted molar refractivity (Wildman–Crippen MR) is 138 cm³/mol. The summed E-state index contributed by atoms with van der Waals surface area (Å²) in [5.41, 5.74) is 2.37. The summed E-state index contributed by atoms with van der Waals surface area (Å²) in [6, 6.07) is 23.9. The molecule has 10 heteroatoms. The minimum Gasteiger partial charge on any atom is -0.468 e. The molecule has 3 heterocycles. The molecular weight excluding hydrogens is 506 g/mol. The first-order chi connectivity index (χ1) is 18.4. The van der Waals surface area contributed by atoms with E-state index in [9.17, 15) is 18.0 Å². The molecule has 2 amide bonds. The Labute approximate surface area is 218 Å². The molecule has 5 aromatic rings. The van der Waals surface area contributed by atoms with Crippen molar-refractivity contribution in [2.24, 2.45) is 0 Å². The summed E-state index contributed by atoms with van der Waals surface area (Å²) in [7, 11) is -4.13. The van der Waals surface area contributed by atoms with Crippen LogP contribution in [0.2, 0.25) is 0 Å². The lowest BCUT2D eigenvalue weighted by molar-refractivity contribution is -0.122. The van der Waals surface area contributed by atoms with Gasteiger partial charge in [0.15, 0.2) is 5.58 Å². The molecule has 9 nitrogen and oxygen atoms in total. The second-order valence-corrected chi connectivity index (χ2v) is 10.7. The summed E-state index contributed by atoms with van der Waals surface area (Å²) in [5, 5.41) is 0. The van der Waals surface area contributed by atoms with Crippen LogP contribution in [0.3, 0.4) is 0 Å². The summed E-state index contributed by atoms with van der Waals surface area (Å²) in [6.45, 7) is -0.196. The molecule has 2 aromatic heterocycles. The lowest BCUT2D eigenvalue weighted by Gasteiger charge is -2.26. The number of benzene rings is 3. The molecule has 1 aliphatic rings. The van der Waals surface area contributed by atoms with Gasteiger partial charge in [0, 0.05) is 5.56 Å². The monoisotopic (exact) mass is 527 g/mol. The second kappa shape index (κ2) is 9.40. The smallest absolute Gasteiger partial charge is 0.252 e. The molecule has 0 aliphatic carbocycles. The standard InChI is InChI=1S/C28H21N3O6S/c32-26-17-24(30(18-21-7-6-16-36-21)38(34,35)22-8-2-1-3-9-22)28(33)31(26)20-14-12-19(13-15-20)27-29-23-10-4-5-11-25(23)37-27/h1-16,24H,17-18H2. The highest BCUT2D eigenvalue weighted by molar-refractivity contribution is 7.89. The van der Waals surface area contributed by atoms with Gasteiger partial charge in [0.1, 0.15) is 17.3 Å². The van der Waals surface area contributed by atoms with E-state index in [4.69, 9.17) is 8.83 Å². The highest BCUT2D eigenvalue weighted by Crippen LogP contribution is 2.32. The topological polar surface area (TPSA) is 114 Å². The molecule has 1 fully saturated rings. The van der Waals surface area contributed by atoms with Crippen molar-refractivity contribution in [3.8, 4) is 11.5 Å². The van der Waals surface area contributed by atoms with E-state index in [0.29, 0.717) is 28.5 Å². The van der Waals surface area contributed by atoms with Gasteiger partial charge in [-0.05, 0) is 60.7 Å². The van der Waals surface area contributed by atoms with Crippen LogP contribution in [0.4, 0.5) is 5.69 Å². The number of carbonyl (C=O) groups excluding carboxylic acids is 2. The summed E-state index contributed by atoms with van der Waals surface area (Å²) < 4.78 is 39.4. The number of amides is 2. The van der Waals surface area contributed by atoms with Gasteiger partial charge in [-0.2, -0.15) is 4.31 Å². The van der Waals surface area contributed by atoms with E-state index in [1.54, 1.807) is 54.6 Å². The van der Waals surface area contributed by atoms with E-state index >= 15 is 0 Å². The zero-order valence-corrected chi connectivity index (χ0v) is 20.7. The van der Waals surface area contributed by atoms with Crippen molar-refractivity contribution in [2.45, 2.75) is 23.9 Å². The average molecular weight is 528 g/mol. The minimum absolute atomic E-state index is 0.0212. The molecule has 1 saturated heterocycles. The fourth-order valence-corrected chi connectivity index (χ4v) is 6.08. The number of oxazole rings is 1. The Morgan fingerprint density at radius 3 is 2.34 bits per heavy atom. The lowest BCUT2D eigenvalue weighted by Crippen LogP contribution is -2.45. The van der Waals surface area contributed by atoms with E-state index < -0.39 is 27.9 Å². The zero-order valence-electron chi connectivity index (χ0n) is 19.9. The SMILES string of the molecule is O=C1CC(N(Cc2ccco2)S(=O)(=O)c2ccccc2)C(=O)N1c1ccc(-c2nc3ccccc3o2)cc1. The molecule has 0 bridgehead atoms. The van der Waals surface area contributed by atoms with Gasteiger partial charge < -0.3 is 8.83 Å². The number of anilines is 1. The van der Waals surface area contributed by atoms with Crippen LogP contribution < -0.4 is 4.90 Å². The number of fused-ring (bicyclic) bond motifs is 1. The number of aromatic nitrogens is 1. The number of para-hydroxylation sites is 2. The summed E-state index contributed by atoms with van der Waals surface area (Å²) in [5.74, 6) is -0.364. The van der Waals surface area contributed by atoms with Gasteiger partial charge in [-0.3, -0.25) is 9.59 Å². The molecule has 38 heavy (non-hydrogen) atoms. The molecule has 0 N–H and O–H groups in total. The number of furan rings is 1. The van der Waals surface area contributed by atoms with E-state index in [2.05, 4.69) is 4.98 Å². The third kappa shape index (κ3) is 4.19. The Hall–Kier alpha value is -4.54. The Morgan fingerprint density at radius 2 is 1.63 bits per heavy atom. The third-order valence-corrected chi connectivity index (χ3v) is 8.25. The van der Waals surface area contributed by atoms with Crippen LogP contribution in [0.5, 0.6) is 0 Å². The average Bonchev–Trinajstić information content (AvgIpc) is 3.67. The molecule has 0 saturated carbocycles. The van der Waals surface area contributed by atoms with Crippen LogP contribution >= 0.6 is 0 Å². The summed E-state index contributed by atoms with van der Waals surface area (Å²) in [4.78, 5) is 32.2. The van der Waals surface area contributed by atoms with Crippen LogP contribution in [-0.4, -0.2) is 35.6 Å². The Morgan fingerprint density at radius 1 is 0.895 bits per heavy atom. The first kappa shape index (κ1) is 23.8. The molecule has 3 aromatic carbocycles. The third-order valence-electron chi connectivity index (χ3n) is 6.38. The lowest BCUT2D eigenvalue weighted by atomic mass is 10.2. The van der Waals surface area contributed by atoms with Gasteiger partial charge in [-0.15, -0.1) is 0 Å². The maximum absolute atomic E-state index is 13.6. The molecule has 0 spiro atoms. The van der Waals surface area contributed by atoms with Gasteiger partial charge >= 0.3 is 0 Å². The van der Waals surface area contributed by atoms with Crippen LogP contribution in [0.25, 0.3) is 22.6 Å². The fraction of sp³-hybridized carbons (Fsp3) is 0.107. The highest BCUT2D eigenvalue weighted by Gasteiger charge is 2.47. The van der Waals surface area contributed by atoms with Gasteiger partial charge in [-0.25, -0.2) is 18.3 Å².